The maximum Gasteiger partial charge on any atom is 0.271 e. The highest BCUT2D eigenvalue weighted by atomic mass is 32.2. The van der Waals surface area contributed by atoms with Crippen molar-refractivity contribution in [1.29, 1.82) is 0 Å². The average molecular weight is 464 g/mol. The Bertz CT molecular complexity index is 1240. The molecule has 1 saturated heterocycles. The SMILES string of the molecule is CN1CCN(C(=O)/C=C/c2c(NS(=O)(=O)c3cccs3)cc3c(ncn3C)c2F)CC1. The number of thiophene rings is 1. The number of fused-ring (bicyclic) bond motifs is 1. The Morgan fingerprint density at radius 3 is 2.68 bits per heavy atom. The Morgan fingerprint density at radius 2 is 2.00 bits per heavy atom. The molecule has 1 amide bonds. The Morgan fingerprint density at radius 1 is 1.26 bits per heavy atom. The molecule has 1 N–H and O–H groups in total. The number of nitrogens with zero attached hydrogens (tertiary/aromatic N) is 4. The molecule has 1 aliphatic heterocycles. The van der Waals surface area contributed by atoms with E-state index in [9.17, 15) is 13.2 Å². The van der Waals surface area contributed by atoms with Gasteiger partial charge in [0.2, 0.25) is 5.91 Å². The number of anilines is 1. The van der Waals surface area contributed by atoms with Gasteiger partial charge in [0.1, 0.15) is 9.73 Å². The van der Waals surface area contributed by atoms with Crippen LogP contribution in [0.1, 0.15) is 5.56 Å². The summed E-state index contributed by atoms with van der Waals surface area (Å²) in [6, 6.07) is 4.62. The third-order valence-corrected chi connectivity index (χ3v) is 7.97. The normalized spacial score (nSPS) is 15.8. The fourth-order valence-corrected chi connectivity index (χ4v) is 5.45. The van der Waals surface area contributed by atoms with Gasteiger partial charge in [-0.1, -0.05) is 6.07 Å². The molecule has 164 valence electrons. The van der Waals surface area contributed by atoms with E-state index in [2.05, 4.69) is 14.6 Å². The Balaban J connectivity index is 1.72. The van der Waals surface area contributed by atoms with E-state index in [1.165, 1.54) is 30.6 Å². The first-order valence-electron chi connectivity index (χ1n) is 9.61. The Kier molecular flexibility index (Phi) is 5.82. The number of hydrogen-bond acceptors (Lipinski definition) is 6. The van der Waals surface area contributed by atoms with Crippen LogP contribution in [0, 0.1) is 5.82 Å². The lowest BCUT2D eigenvalue weighted by atomic mass is 10.1. The molecule has 1 aliphatic rings. The first kappa shape index (κ1) is 21.5. The van der Waals surface area contributed by atoms with Gasteiger partial charge in [0.15, 0.2) is 5.82 Å². The summed E-state index contributed by atoms with van der Waals surface area (Å²) in [5.74, 6) is -0.940. The second kappa shape index (κ2) is 8.40. The molecule has 0 atom stereocenters. The number of sulfonamides is 1. The van der Waals surface area contributed by atoms with Gasteiger partial charge in [0.05, 0.1) is 17.5 Å². The summed E-state index contributed by atoms with van der Waals surface area (Å²) in [5.41, 5.74) is 0.551. The zero-order valence-electron chi connectivity index (χ0n) is 17.1. The average Bonchev–Trinajstić information content (AvgIpc) is 3.39. The van der Waals surface area contributed by atoms with Crippen molar-refractivity contribution in [3.05, 3.63) is 47.4 Å². The number of rotatable bonds is 5. The van der Waals surface area contributed by atoms with Crippen LogP contribution in [0.15, 0.2) is 40.2 Å². The standard InChI is InChI=1S/C20H22FN5O3S2/c1-24-7-9-26(10-8-24)17(27)6-5-14-15(23-31(28,29)18-4-3-11-30-18)12-16-20(19(14)21)22-13-25(16)2/h3-6,11-13,23H,7-10H2,1-2H3/b6-5+. The molecular formula is C20H22FN5O3S2. The number of nitrogens with one attached hydrogen (secondary N) is 1. The predicted molar refractivity (Wildman–Crippen MR) is 119 cm³/mol. The van der Waals surface area contributed by atoms with Crippen LogP contribution in [-0.4, -0.2) is 66.9 Å². The monoisotopic (exact) mass is 463 g/mol. The number of likely N-dealkylation sites (N-methyl/N-ethyl adjacent to an activating group) is 1. The minimum atomic E-state index is -3.90. The third kappa shape index (κ3) is 4.34. The van der Waals surface area contributed by atoms with Crippen LogP contribution in [0.4, 0.5) is 10.1 Å². The molecule has 3 aromatic rings. The number of carbonyl (C=O) groups is 1. The number of piperazine rings is 1. The topological polar surface area (TPSA) is 87.5 Å². The van der Waals surface area contributed by atoms with Gasteiger partial charge in [0.25, 0.3) is 10.0 Å². The summed E-state index contributed by atoms with van der Waals surface area (Å²) in [6.45, 7) is 2.69. The van der Waals surface area contributed by atoms with Crippen LogP contribution in [0.3, 0.4) is 0 Å². The van der Waals surface area contributed by atoms with E-state index in [1.54, 1.807) is 28.0 Å². The van der Waals surface area contributed by atoms with E-state index < -0.39 is 15.8 Å². The molecule has 1 fully saturated rings. The quantitative estimate of drug-likeness (QED) is 0.587. The minimum Gasteiger partial charge on any atom is -0.337 e. The van der Waals surface area contributed by atoms with Crippen molar-refractivity contribution in [3.63, 3.8) is 0 Å². The lowest BCUT2D eigenvalue weighted by molar-refractivity contribution is -0.127. The Labute approximate surface area is 183 Å². The second-order valence-corrected chi connectivity index (χ2v) is 10.2. The summed E-state index contributed by atoms with van der Waals surface area (Å²) >= 11 is 1.06. The smallest absolute Gasteiger partial charge is 0.271 e. The molecule has 0 aliphatic carbocycles. The number of hydrogen-bond donors (Lipinski definition) is 1. The number of amides is 1. The molecule has 31 heavy (non-hydrogen) atoms. The first-order chi connectivity index (χ1) is 14.8. The van der Waals surface area contributed by atoms with Gasteiger partial charge in [-0.2, -0.15) is 0 Å². The van der Waals surface area contributed by atoms with Crippen LogP contribution in [0.5, 0.6) is 0 Å². The highest BCUT2D eigenvalue weighted by Crippen LogP contribution is 2.31. The van der Waals surface area contributed by atoms with E-state index in [0.29, 0.717) is 18.6 Å². The van der Waals surface area contributed by atoms with Crippen molar-refractivity contribution < 1.29 is 17.6 Å². The van der Waals surface area contributed by atoms with Crippen LogP contribution >= 0.6 is 11.3 Å². The largest absolute Gasteiger partial charge is 0.337 e. The second-order valence-electron chi connectivity index (χ2n) is 7.37. The van der Waals surface area contributed by atoms with Gasteiger partial charge in [-0.3, -0.25) is 9.52 Å². The van der Waals surface area contributed by atoms with E-state index >= 15 is 4.39 Å². The fraction of sp³-hybridized carbons (Fsp3) is 0.300. The number of aromatic nitrogens is 2. The van der Waals surface area contributed by atoms with Crippen molar-refractivity contribution in [3.8, 4) is 0 Å². The zero-order valence-corrected chi connectivity index (χ0v) is 18.7. The third-order valence-electron chi connectivity index (χ3n) is 5.21. The molecule has 0 saturated carbocycles. The summed E-state index contributed by atoms with van der Waals surface area (Å²) in [7, 11) is -0.221. The molecule has 4 rings (SSSR count). The Hall–Kier alpha value is -2.76. The van der Waals surface area contributed by atoms with Gasteiger partial charge in [-0.05, 0) is 30.6 Å². The van der Waals surface area contributed by atoms with Crippen LogP contribution in [-0.2, 0) is 21.9 Å². The van der Waals surface area contributed by atoms with E-state index in [0.717, 1.165) is 24.4 Å². The van der Waals surface area contributed by atoms with Crippen molar-refractivity contribution >= 4 is 50.1 Å². The summed E-state index contributed by atoms with van der Waals surface area (Å²) in [6.07, 6.45) is 4.05. The maximum atomic E-state index is 15.3. The number of benzene rings is 1. The van der Waals surface area contributed by atoms with Crippen molar-refractivity contribution in [2.75, 3.05) is 37.9 Å². The van der Waals surface area contributed by atoms with Crippen LogP contribution in [0.25, 0.3) is 17.1 Å². The molecule has 0 radical (unpaired) electrons. The van der Waals surface area contributed by atoms with Crippen LogP contribution < -0.4 is 4.72 Å². The molecule has 0 bridgehead atoms. The number of halogens is 1. The minimum absolute atomic E-state index is 0.0335. The number of aryl methyl sites for hydroxylation is 1. The number of carbonyl (C=O) groups excluding carboxylic acids is 1. The molecule has 3 heterocycles. The molecule has 8 nitrogen and oxygen atoms in total. The van der Waals surface area contributed by atoms with E-state index in [1.807, 2.05) is 7.05 Å². The van der Waals surface area contributed by atoms with Gasteiger partial charge in [-0.25, -0.2) is 17.8 Å². The summed E-state index contributed by atoms with van der Waals surface area (Å²) in [4.78, 5) is 20.5. The van der Waals surface area contributed by atoms with E-state index in [4.69, 9.17) is 0 Å². The number of imidazole rings is 1. The lowest BCUT2D eigenvalue weighted by Gasteiger charge is -2.31. The highest BCUT2D eigenvalue weighted by Gasteiger charge is 2.22. The zero-order chi connectivity index (χ0) is 22.2. The molecular weight excluding hydrogens is 441 g/mol. The van der Waals surface area contributed by atoms with Gasteiger partial charge < -0.3 is 14.4 Å². The molecule has 0 spiro atoms. The van der Waals surface area contributed by atoms with Gasteiger partial charge in [0, 0.05) is 44.9 Å². The van der Waals surface area contributed by atoms with Crippen molar-refractivity contribution in [1.82, 2.24) is 19.4 Å². The maximum absolute atomic E-state index is 15.3. The van der Waals surface area contributed by atoms with Gasteiger partial charge >= 0.3 is 0 Å². The first-order valence-corrected chi connectivity index (χ1v) is 12.0. The highest BCUT2D eigenvalue weighted by molar-refractivity contribution is 7.94. The summed E-state index contributed by atoms with van der Waals surface area (Å²) in [5, 5.41) is 1.65. The molecule has 2 aromatic heterocycles. The van der Waals surface area contributed by atoms with Crippen molar-refractivity contribution in [2.45, 2.75) is 4.21 Å². The summed E-state index contributed by atoms with van der Waals surface area (Å²) < 4.78 is 45.0. The molecule has 0 unspecified atom stereocenters. The van der Waals surface area contributed by atoms with Crippen LogP contribution in [0.2, 0.25) is 0 Å². The van der Waals surface area contributed by atoms with Crippen molar-refractivity contribution in [2.24, 2.45) is 7.05 Å². The molecule has 11 heteroatoms. The fourth-order valence-electron chi connectivity index (χ4n) is 3.38. The lowest BCUT2D eigenvalue weighted by Crippen LogP contribution is -2.46. The predicted octanol–water partition coefficient (Wildman–Crippen LogP) is 2.36. The van der Waals surface area contributed by atoms with E-state index in [-0.39, 0.29) is 26.9 Å². The van der Waals surface area contributed by atoms with Gasteiger partial charge in [-0.15, -0.1) is 11.3 Å². The molecule has 1 aromatic carbocycles.